The zero-order valence-electron chi connectivity index (χ0n) is 45.4. The van der Waals surface area contributed by atoms with E-state index in [0.29, 0.717) is 68.9 Å². The molecule has 0 N–H and O–H groups in total. The normalized spacial score (nSPS) is 12.7. The standard InChI is InChI=1S/C60H72N8O4.Co/c1-29(2)49(30(3)4)69-41-25-17-21-37-45(41)57-62-53(37)61-54-38-22-18-27-43(71-51(33(9)10)34(11)12)47(38)59(63-54)68-60-48-40(24-20-28-44(48)72-52(35(13)14)36(15)16)56(67-60)66-58-46-39(55(64-57)65-58)23-19-26-42(46)70-50(31(5)6)32(7)8;/h17-36,49-52H,1-16H3;/q-2;+2. The van der Waals surface area contributed by atoms with Gasteiger partial charge in [0.05, 0.1) is 34.4 Å². The van der Waals surface area contributed by atoms with Gasteiger partial charge in [-0.15, -0.1) is 0 Å². The number of hydrogen-bond donors (Lipinski definition) is 0. The van der Waals surface area contributed by atoms with Crippen LogP contribution < -0.4 is 28.9 Å². The Bertz CT molecular complexity index is 3270. The number of rotatable bonds is 16. The van der Waals surface area contributed by atoms with Crippen molar-refractivity contribution in [1.82, 2.24) is 39.9 Å². The van der Waals surface area contributed by atoms with Gasteiger partial charge in [-0.2, -0.15) is 0 Å². The molecule has 3 aromatic heterocycles. The molecular formula is C60H72CoN8O4. The number of ether oxygens (including phenoxy) is 4. The molecule has 4 aromatic carbocycles. The number of fused-ring (bicyclic) bond motifs is 20. The summed E-state index contributed by atoms with van der Waals surface area (Å²) < 4.78 is 28.0. The van der Waals surface area contributed by atoms with Crippen molar-refractivity contribution in [1.29, 1.82) is 0 Å². The average Bonchev–Trinajstić information content (AvgIpc) is 4.06. The minimum absolute atomic E-state index is 0. The maximum atomic E-state index is 7.00. The minimum Gasteiger partial charge on any atom is -0.489 e. The molecule has 2 aliphatic rings. The molecule has 0 unspecified atom stereocenters. The van der Waals surface area contributed by atoms with Gasteiger partial charge in [-0.3, -0.25) is 0 Å². The molecule has 12 nitrogen and oxygen atoms in total. The Morgan fingerprint density at radius 1 is 0.315 bits per heavy atom. The average molecular weight is 1030 g/mol. The second-order valence-corrected chi connectivity index (χ2v) is 22.5. The first-order valence-corrected chi connectivity index (χ1v) is 26.2. The van der Waals surface area contributed by atoms with Gasteiger partial charge < -0.3 is 48.9 Å². The van der Waals surface area contributed by atoms with Gasteiger partial charge in [-0.25, -0.2) is 9.97 Å². The summed E-state index contributed by atoms with van der Waals surface area (Å²) in [7, 11) is 0. The molecule has 7 aromatic rings. The van der Waals surface area contributed by atoms with Crippen LogP contribution in [0.15, 0.2) is 72.8 Å². The van der Waals surface area contributed by atoms with Gasteiger partial charge >= 0.3 is 16.8 Å². The van der Waals surface area contributed by atoms with Crippen LogP contribution in [0.2, 0.25) is 0 Å². The van der Waals surface area contributed by atoms with Crippen LogP contribution in [0.5, 0.6) is 23.0 Å². The van der Waals surface area contributed by atoms with Gasteiger partial charge in [0.15, 0.2) is 0 Å². The van der Waals surface area contributed by atoms with Gasteiger partial charge in [-0.05, 0) is 82.4 Å². The van der Waals surface area contributed by atoms with E-state index in [-0.39, 0.29) is 88.5 Å². The molecular weight excluding hydrogens is 956 g/mol. The Balaban J connectivity index is 0.00000711. The second kappa shape index (κ2) is 21.4. The van der Waals surface area contributed by atoms with Gasteiger partial charge in [0.1, 0.15) is 47.4 Å². The minimum atomic E-state index is -0.0869. The van der Waals surface area contributed by atoms with E-state index >= 15 is 0 Å². The molecule has 0 fully saturated rings. The third-order valence-electron chi connectivity index (χ3n) is 14.0. The molecule has 13 heteroatoms. The zero-order chi connectivity index (χ0) is 51.4. The second-order valence-electron chi connectivity index (χ2n) is 22.5. The molecule has 8 bridgehead atoms. The zero-order valence-corrected chi connectivity index (χ0v) is 46.4. The Morgan fingerprint density at radius 2 is 0.589 bits per heavy atom. The fourth-order valence-electron chi connectivity index (χ4n) is 10.9. The SMILES string of the molecule is CC(C)C(Oc1cccc2c1-c1nc-2nc2[n-]c(nc3nc(nc4[n-]c(n1)c1cccc(OC(C(C)C)C(C)C)c41)-c1cccc(OC(C(C)C)C(C)C)c1-3)c1c(OC(C(C)C)C(C)C)cccc21)C(C)C.[Co+2]. The van der Waals surface area contributed by atoms with E-state index in [1.54, 1.807) is 0 Å². The van der Waals surface area contributed by atoms with Crippen molar-refractivity contribution in [2.75, 3.05) is 0 Å². The van der Waals surface area contributed by atoms with E-state index in [0.717, 1.165) is 43.8 Å². The number of nitrogens with zero attached hydrogens (tertiary/aromatic N) is 8. The Labute approximate surface area is 441 Å². The van der Waals surface area contributed by atoms with Crippen LogP contribution in [0, 0.1) is 47.3 Å². The monoisotopic (exact) mass is 1030 g/mol. The Kier molecular flexibility index (Phi) is 15.6. The van der Waals surface area contributed by atoms with E-state index in [2.05, 4.69) is 111 Å². The van der Waals surface area contributed by atoms with Gasteiger partial charge in [-0.1, -0.05) is 159 Å². The van der Waals surface area contributed by atoms with Crippen molar-refractivity contribution >= 4 is 44.1 Å². The third-order valence-corrected chi connectivity index (χ3v) is 14.0. The van der Waals surface area contributed by atoms with Gasteiger partial charge in [0, 0.05) is 44.5 Å². The molecule has 5 heterocycles. The van der Waals surface area contributed by atoms with Crippen molar-refractivity contribution in [2.45, 2.75) is 135 Å². The smallest absolute Gasteiger partial charge is 0.489 e. The molecule has 73 heavy (non-hydrogen) atoms. The predicted molar refractivity (Wildman–Crippen MR) is 290 cm³/mol. The summed E-state index contributed by atoms with van der Waals surface area (Å²) in [6.07, 6.45) is -0.333. The molecule has 9 rings (SSSR count). The molecule has 2 aliphatic heterocycles. The first-order chi connectivity index (χ1) is 34.3. The summed E-state index contributed by atoms with van der Waals surface area (Å²) in [5, 5.41) is 2.98. The Morgan fingerprint density at radius 3 is 0.932 bits per heavy atom. The van der Waals surface area contributed by atoms with Crippen molar-refractivity contribution in [3.8, 4) is 68.5 Å². The van der Waals surface area contributed by atoms with E-state index in [1.807, 2.05) is 72.8 Å². The van der Waals surface area contributed by atoms with E-state index in [9.17, 15) is 0 Å². The van der Waals surface area contributed by atoms with Crippen molar-refractivity contribution in [2.24, 2.45) is 47.3 Å². The quantitative estimate of drug-likeness (QED) is 0.0909. The topological polar surface area (TPSA) is 142 Å². The fourth-order valence-corrected chi connectivity index (χ4v) is 10.9. The summed E-state index contributed by atoms with van der Waals surface area (Å²) in [4.78, 5) is 42.7. The molecule has 0 aliphatic carbocycles. The molecule has 0 amide bonds. The van der Waals surface area contributed by atoms with Crippen LogP contribution in [0.1, 0.15) is 111 Å². The number of benzene rings is 4. The summed E-state index contributed by atoms with van der Waals surface area (Å²) in [5.41, 5.74) is 4.68. The van der Waals surface area contributed by atoms with Crippen molar-refractivity contribution < 1.29 is 35.7 Å². The van der Waals surface area contributed by atoms with E-state index in [4.69, 9.17) is 58.8 Å². The first kappa shape index (κ1) is 53.2. The van der Waals surface area contributed by atoms with Crippen LogP contribution in [0.25, 0.3) is 89.7 Å². The summed E-state index contributed by atoms with van der Waals surface area (Å²) in [5.74, 6) is 6.25. The maximum absolute atomic E-state index is 7.00. The Hall–Kier alpha value is -6.05. The van der Waals surface area contributed by atoms with Crippen molar-refractivity contribution in [3.05, 3.63) is 72.8 Å². The first-order valence-electron chi connectivity index (χ1n) is 26.2. The molecule has 0 saturated heterocycles. The van der Waals surface area contributed by atoms with Crippen molar-refractivity contribution in [3.63, 3.8) is 0 Å². The maximum Gasteiger partial charge on any atom is 2.00 e. The number of aromatic nitrogens is 8. The van der Waals surface area contributed by atoms with E-state index < -0.39 is 0 Å². The van der Waals surface area contributed by atoms with Crippen LogP contribution >= 0.6 is 0 Å². The molecule has 0 atom stereocenters. The fraction of sp³-hybridized carbons (Fsp3) is 0.467. The largest absolute Gasteiger partial charge is 2.00 e. The summed E-state index contributed by atoms with van der Waals surface area (Å²) in [6.45, 7) is 35.0. The van der Waals surface area contributed by atoms with Crippen LogP contribution in [-0.2, 0) is 16.8 Å². The molecule has 0 saturated carbocycles. The van der Waals surface area contributed by atoms with Crippen LogP contribution in [-0.4, -0.2) is 54.3 Å². The molecule has 1 radical (unpaired) electrons. The molecule has 385 valence electrons. The predicted octanol–water partition coefficient (Wildman–Crippen LogP) is 14.4. The third kappa shape index (κ3) is 10.3. The summed E-state index contributed by atoms with van der Waals surface area (Å²) in [6, 6.07) is 24.0. The van der Waals surface area contributed by atoms with Crippen LogP contribution in [0.4, 0.5) is 0 Å². The summed E-state index contributed by atoms with van der Waals surface area (Å²) >= 11 is 0. The van der Waals surface area contributed by atoms with Gasteiger partial charge in [0.25, 0.3) is 0 Å². The van der Waals surface area contributed by atoms with Gasteiger partial charge in [0.2, 0.25) is 0 Å². The number of hydrogen-bond acceptors (Lipinski definition) is 10. The van der Waals surface area contributed by atoms with E-state index in [1.165, 1.54) is 0 Å². The molecule has 0 spiro atoms. The van der Waals surface area contributed by atoms with Crippen LogP contribution in [0.3, 0.4) is 0 Å².